The third kappa shape index (κ3) is 1.39. The Morgan fingerprint density at radius 3 is 3.07 bits per heavy atom. The van der Waals surface area contributed by atoms with Crippen LogP contribution in [0.15, 0.2) is 12.4 Å². The first-order chi connectivity index (χ1) is 7.34. The van der Waals surface area contributed by atoms with E-state index in [1.54, 1.807) is 12.4 Å². The number of fused-ring (bicyclic) bond motifs is 1. The number of nitrogens with one attached hydrogen (secondary N) is 1. The molecule has 3 rings (SSSR count). The van der Waals surface area contributed by atoms with Gasteiger partial charge in [0.2, 0.25) is 0 Å². The monoisotopic (exact) mass is 219 g/mol. The van der Waals surface area contributed by atoms with Crippen LogP contribution in [0.1, 0.15) is 28.2 Å². The zero-order valence-corrected chi connectivity index (χ0v) is 8.80. The molecule has 76 valence electrons. The second-order valence-electron chi connectivity index (χ2n) is 3.51. The van der Waals surface area contributed by atoms with Crippen LogP contribution in [0.4, 0.5) is 0 Å². The third-order valence-corrected chi connectivity index (χ3v) is 3.61. The van der Waals surface area contributed by atoms with E-state index < -0.39 is 0 Å². The van der Waals surface area contributed by atoms with E-state index in [1.165, 1.54) is 11.3 Å². The van der Waals surface area contributed by atoms with Crippen molar-refractivity contribution in [2.24, 2.45) is 0 Å². The summed E-state index contributed by atoms with van der Waals surface area (Å²) in [6.45, 7) is 0. The van der Waals surface area contributed by atoms with Gasteiger partial charge in [0, 0.05) is 18.8 Å². The van der Waals surface area contributed by atoms with Crippen LogP contribution in [0.5, 0.6) is 0 Å². The maximum absolute atomic E-state index is 11.6. The molecule has 0 aliphatic heterocycles. The Morgan fingerprint density at radius 2 is 2.33 bits per heavy atom. The van der Waals surface area contributed by atoms with Gasteiger partial charge in [-0.05, 0) is 12.8 Å². The van der Waals surface area contributed by atoms with E-state index in [2.05, 4.69) is 15.0 Å². The Bertz CT molecular complexity index is 501. The number of aromatic nitrogens is 3. The Kier molecular flexibility index (Phi) is 1.92. The molecule has 0 fully saturated rings. The summed E-state index contributed by atoms with van der Waals surface area (Å²) in [5.41, 5.74) is 0.947. The van der Waals surface area contributed by atoms with Crippen LogP contribution in [0, 0.1) is 0 Å². The fourth-order valence-electron chi connectivity index (χ4n) is 1.75. The van der Waals surface area contributed by atoms with Crippen molar-refractivity contribution in [3.63, 3.8) is 0 Å². The number of aromatic amines is 1. The molecule has 0 radical (unpaired) electrons. The molecule has 0 atom stereocenters. The fourth-order valence-corrected chi connectivity index (χ4v) is 2.79. The maximum atomic E-state index is 11.6. The van der Waals surface area contributed by atoms with Gasteiger partial charge in [-0.25, -0.2) is 9.97 Å². The molecule has 2 heterocycles. The number of carbonyl (C=O) groups is 1. The number of imidazole rings is 1. The fraction of sp³-hybridized carbons (Fsp3) is 0.300. The first-order valence-electron chi connectivity index (χ1n) is 4.87. The van der Waals surface area contributed by atoms with Crippen molar-refractivity contribution in [3.8, 4) is 10.8 Å². The summed E-state index contributed by atoms with van der Waals surface area (Å²) < 4.78 is 0. The summed E-state index contributed by atoms with van der Waals surface area (Å²) in [6, 6.07) is 0. The molecule has 0 unspecified atom stereocenters. The van der Waals surface area contributed by atoms with Crippen LogP contribution in [-0.2, 0) is 6.42 Å². The van der Waals surface area contributed by atoms with Gasteiger partial charge in [0.1, 0.15) is 0 Å². The quantitative estimate of drug-likeness (QED) is 0.798. The van der Waals surface area contributed by atoms with Gasteiger partial charge in [0.25, 0.3) is 0 Å². The lowest BCUT2D eigenvalue weighted by atomic mass is 10.0. The second kappa shape index (κ2) is 3.27. The van der Waals surface area contributed by atoms with Crippen molar-refractivity contribution < 1.29 is 4.79 Å². The largest absolute Gasteiger partial charge is 0.343 e. The predicted octanol–water partition coefficient (Wildman–Crippen LogP) is 2.05. The Morgan fingerprint density at radius 1 is 1.40 bits per heavy atom. The summed E-state index contributed by atoms with van der Waals surface area (Å²) in [6.07, 6.45) is 5.95. The number of ketones is 1. The van der Waals surface area contributed by atoms with E-state index in [0.717, 1.165) is 34.2 Å². The number of H-pyrrole nitrogens is 1. The van der Waals surface area contributed by atoms with E-state index in [1.807, 2.05) is 0 Å². The van der Waals surface area contributed by atoms with Crippen LogP contribution in [0.2, 0.25) is 0 Å². The summed E-state index contributed by atoms with van der Waals surface area (Å²) in [7, 11) is 0. The van der Waals surface area contributed by atoms with Crippen LogP contribution < -0.4 is 0 Å². The van der Waals surface area contributed by atoms with Crippen LogP contribution >= 0.6 is 11.3 Å². The van der Waals surface area contributed by atoms with E-state index in [-0.39, 0.29) is 5.78 Å². The highest BCUT2D eigenvalue weighted by atomic mass is 32.1. The standard InChI is InChI=1S/C10H9N3OS/c14-7-3-1-2-6-8(7)15-10(13-6)9-11-4-5-12-9/h4-5H,1-3H2,(H,11,12). The van der Waals surface area contributed by atoms with E-state index in [0.29, 0.717) is 6.42 Å². The Balaban J connectivity index is 2.09. The molecular formula is C10H9N3OS. The average Bonchev–Trinajstić information content (AvgIpc) is 2.86. The Hall–Kier alpha value is -1.49. The number of hydrogen-bond donors (Lipinski definition) is 1. The number of hydrogen-bond acceptors (Lipinski definition) is 4. The highest BCUT2D eigenvalue weighted by Gasteiger charge is 2.22. The number of Topliss-reactive ketones (excluding diaryl/α,β-unsaturated/α-hetero) is 1. The molecule has 15 heavy (non-hydrogen) atoms. The minimum absolute atomic E-state index is 0.228. The van der Waals surface area contributed by atoms with Gasteiger partial charge in [0.15, 0.2) is 16.6 Å². The lowest BCUT2D eigenvalue weighted by molar-refractivity contribution is 0.0976. The smallest absolute Gasteiger partial charge is 0.174 e. The molecule has 0 saturated heterocycles. The minimum atomic E-state index is 0.228. The van der Waals surface area contributed by atoms with Gasteiger partial charge in [-0.15, -0.1) is 11.3 Å². The minimum Gasteiger partial charge on any atom is -0.343 e. The molecule has 0 bridgehead atoms. The molecule has 2 aromatic heterocycles. The molecule has 1 N–H and O–H groups in total. The van der Waals surface area contributed by atoms with E-state index in [9.17, 15) is 4.79 Å². The number of rotatable bonds is 1. The molecule has 0 spiro atoms. The number of aryl methyl sites for hydroxylation is 1. The first kappa shape index (κ1) is 8.79. The van der Waals surface area contributed by atoms with Gasteiger partial charge in [-0.1, -0.05) is 0 Å². The molecular weight excluding hydrogens is 210 g/mol. The number of nitrogens with zero attached hydrogens (tertiary/aromatic N) is 2. The molecule has 4 nitrogen and oxygen atoms in total. The second-order valence-corrected chi connectivity index (χ2v) is 4.51. The molecule has 1 aliphatic carbocycles. The van der Waals surface area contributed by atoms with Crippen LogP contribution in [0.25, 0.3) is 10.8 Å². The van der Waals surface area contributed by atoms with Crippen LogP contribution in [-0.4, -0.2) is 20.7 Å². The zero-order chi connectivity index (χ0) is 10.3. The van der Waals surface area contributed by atoms with Crippen molar-refractivity contribution >= 4 is 17.1 Å². The first-order valence-corrected chi connectivity index (χ1v) is 5.69. The van der Waals surface area contributed by atoms with Crippen molar-refractivity contribution in [2.45, 2.75) is 19.3 Å². The molecule has 5 heteroatoms. The average molecular weight is 219 g/mol. The Labute approximate surface area is 90.4 Å². The lowest BCUT2D eigenvalue weighted by Crippen LogP contribution is -2.07. The van der Waals surface area contributed by atoms with E-state index in [4.69, 9.17) is 0 Å². The van der Waals surface area contributed by atoms with Gasteiger partial charge >= 0.3 is 0 Å². The van der Waals surface area contributed by atoms with Crippen molar-refractivity contribution in [2.75, 3.05) is 0 Å². The normalized spacial score (nSPS) is 15.3. The molecule has 2 aromatic rings. The van der Waals surface area contributed by atoms with Gasteiger partial charge < -0.3 is 4.98 Å². The SMILES string of the molecule is O=C1CCCc2nc(-c3ncc[nH]3)sc21. The van der Waals surface area contributed by atoms with Gasteiger partial charge in [0.05, 0.1) is 10.6 Å². The van der Waals surface area contributed by atoms with Crippen molar-refractivity contribution in [3.05, 3.63) is 23.0 Å². The molecule has 0 aromatic carbocycles. The lowest BCUT2D eigenvalue weighted by Gasteiger charge is -2.06. The van der Waals surface area contributed by atoms with Gasteiger partial charge in [-0.3, -0.25) is 4.79 Å². The third-order valence-electron chi connectivity index (χ3n) is 2.47. The summed E-state index contributed by atoms with van der Waals surface area (Å²) in [5.74, 6) is 0.980. The molecule has 0 saturated carbocycles. The number of carbonyl (C=O) groups excluding carboxylic acids is 1. The van der Waals surface area contributed by atoms with Crippen LogP contribution in [0.3, 0.4) is 0 Å². The van der Waals surface area contributed by atoms with Gasteiger partial charge in [-0.2, -0.15) is 0 Å². The molecule has 0 amide bonds. The zero-order valence-electron chi connectivity index (χ0n) is 7.99. The van der Waals surface area contributed by atoms with Crippen molar-refractivity contribution in [1.29, 1.82) is 0 Å². The van der Waals surface area contributed by atoms with Crippen molar-refractivity contribution in [1.82, 2.24) is 15.0 Å². The topological polar surface area (TPSA) is 58.6 Å². The summed E-state index contributed by atoms with van der Waals surface area (Å²) in [5, 5.41) is 0.820. The van der Waals surface area contributed by atoms with E-state index >= 15 is 0 Å². The highest BCUT2D eigenvalue weighted by Crippen LogP contribution is 2.30. The summed E-state index contributed by atoms with van der Waals surface area (Å²) >= 11 is 1.45. The number of thiazole rings is 1. The maximum Gasteiger partial charge on any atom is 0.174 e. The molecule has 1 aliphatic rings. The highest BCUT2D eigenvalue weighted by molar-refractivity contribution is 7.17. The predicted molar refractivity (Wildman–Crippen MR) is 57.0 cm³/mol. The summed E-state index contributed by atoms with van der Waals surface area (Å²) in [4.78, 5) is 24.0.